The molecule has 0 unspecified atom stereocenters. The molecule has 0 radical (unpaired) electrons. The van der Waals surface area contributed by atoms with Crippen molar-refractivity contribution in [2.75, 3.05) is 5.32 Å². The van der Waals surface area contributed by atoms with Crippen molar-refractivity contribution in [3.05, 3.63) is 39.2 Å². The van der Waals surface area contributed by atoms with Gasteiger partial charge in [-0.15, -0.1) is 0 Å². The van der Waals surface area contributed by atoms with Crippen LogP contribution in [0.3, 0.4) is 0 Å². The van der Waals surface area contributed by atoms with E-state index in [-0.39, 0.29) is 0 Å². The summed E-state index contributed by atoms with van der Waals surface area (Å²) in [5.41, 5.74) is 0.944. The van der Waals surface area contributed by atoms with Gasteiger partial charge in [-0.2, -0.15) is 0 Å². The van der Waals surface area contributed by atoms with Gasteiger partial charge >= 0.3 is 0 Å². The van der Waals surface area contributed by atoms with Crippen LogP contribution in [0.25, 0.3) is 5.69 Å². The maximum absolute atomic E-state index is 6.22. The highest BCUT2D eigenvalue weighted by Gasteiger charge is 2.09. The van der Waals surface area contributed by atoms with Crippen molar-refractivity contribution in [2.24, 2.45) is 0 Å². The molecule has 17 heavy (non-hydrogen) atoms. The zero-order chi connectivity index (χ0) is 12.4. The van der Waals surface area contributed by atoms with E-state index < -0.39 is 0 Å². The number of nitrogens with one attached hydrogen (secondary N) is 1. The molecule has 0 aliphatic rings. The lowest BCUT2D eigenvalue weighted by atomic mass is 10.3. The molecule has 0 aliphatic heterocycles. The van der Waals surface area contributed by atoms with E-state index in [9.17, 15) is 0 Å². The molecular formula is C12H13ClIN3. The van der Waals surface area contributed by atoms with Crippen molar-refractivity contribution < 1.29 is 0 Å². The van der Waals surface area contributed by atoms with Crippen LogP contribution in [0.15, 0.2) is 30.6 Å². The highest BCUT2D eigenvalue weighted by molar-refractivity contribution is 14.1. The van der Waals surface area contributed by atoms with E-state index in [1.165, 1.54) is 0 Å². The molecule has 1 aromatic carbocycles. The molecule has 0 saturated carbocycles. The smallest absolute Gasteiger partial charge is 0.207 e. The van der Waals surface area contributed by atoms with Gasteiger partial charge in [-0.25, -0.2) is 4.98 Å². The SMILES string of the molecule is CC(C)Nc1nccn1-c1cc(I)ccc1Cl. The summed E-state index contributed by atoms with van der Waals surface area (Å²) in [5, 5.41) is 4.01. The van der Waals surface area contributed by atoms with E-state index in [1.807, 2.05) is 29.0 Å². The first kappa shape index (κ1) is 12.7. The fraction of sp³-hybridized carbons (Fsp3) is 0.250. The molecule has 0 amide bonds. The third kappa shape index (κ3) is 2.93. The molecular weight excluding hydrogens is 349 g/mol. The molecule has 90 valence electrons. The summed E-state index contributed by atoms with van der Waals surface area (Å²) < 4.78 is 3.11. The molecule has 2 aromatic rings. The van der Waals surface area contributed by atoms with Crippen molar-refractivity contribution in [3.63, 3.8) is 0 Å². The molecule has 0 bridgehead atoms. The molecule has 2 rings (SSSR count). The van der Waals surface area contributed by atoms with Crippen molar-refractivity contribution in [1.82, 2.24) is 9.55 Å². The zero-order valence-electron chi connectivity index (χ0n) is 9.61. The number of hydrogen-bond donors (Lipinski definition) is 1. The first-order valence-corrected chi connectivity index (χ1v) is 6.79. The lowest BCUT2D eigenvalue weighted by molar-refractivity contribution is 0.864. The number of hydrogen-bond acceptors (Lipinski definition) is 2. The van der Waals surface area contributed by atoms with Gasteiger partial charge in [-0.05, 0) is 54.6 Å². The minimum Gasteiger partial charge on any atom is -0.353 e. The third-order valence-electron chi connectivity index (χ3n) is 2.23. The van der Waals surface area contributed by atoms with Crippen LogP contribution in [0, 0.1) is 3.57 Å². The number of rotatable bonds is 3. The van der Waals surface area contributed by atoms with Crippen LogP contribution in [0.2, 0.25) is 5.02 Å². The fourth-order valence-corrected chi connectivity index (χ4v) is 2.22. The molecule has 0 fully saturated rings. The average molecular weight is 362 g/mol. The quantitative estimate of drug-likeness (QED) is 0.839. The summed E-state index contributed by atoms with van der Waals surface area (Å²) in [6.07, 6.45) is 3.67. The molecule has 3 nitrogen and oxygen atoms in total. The fourth-order valence-electron chi connectivity index (χ4n) is 1.53. The summed E-state index contributed by atoms with van der Waals surface area (Å²) in [7, 11) is 0. The normalized spacial score (nSPS) is 10.9. The second-order valence-corrected chi connectivity index (χ2v) is 5.67. The van der Waals surface area contributed by atoms with Crippen LogP contribution in [-0.4, -0.2) is 15.6 Å². The molecule has 0 spiro atoms. The number of imidazole rings is 1. The van der Waals surface area contributed by atoms with Crippen molar-refractivity contribution in [1.29, 1.82) is 0 Å². The first-order chi connectivity index (χ1) is 8.08. The van der Waals surface area contributed by atoms with Gasteiger partial charge in [0.15, 0.2) is 0 Å². The average Bonchev–Trinajstić information content (AvgIpc) is 2.69. The van der Waals surface area contributed by atoms with Crippen LogP contribution < -0.4 is 5.32 Å². The molecule has 1 N–H and O–H groups in total. The summed E-state index contributed by atoms with van der Waals surface area (Å²) in [5.74, 6) is 0.809. The van der Waals surface area contributed by atoms with Crippen molar-refractivity contribution >= 4 is 40.1 Å². The Morgan fingerprint density at radius 2 is 2.18 bits per heavy atom. The van der Waals surface area contributed by atoms with Crippen molar-refractivity contribution in [3.8, 4) is 5.69 Å². The minimum absolute atomic E-state index is 0.331. The Morgan fingerprint density at radius 1 is 1.41 bits per heavy atom. The monoisotopic (exact) mass is 361 g/mol. The van der Waals surface area contributed by atoms with Crippen LogP contribution in [0.1, 0.15) is 13.8 Å². The Morgan fingerprint density at radius 3 is 2.88 bits per heavy atom. The van der Waals surface area contributed by atoms with E-state index in [2.05, 4.69) is 46.7 Å². The molecule has 1 aromatic heterocycles. The lowest BCUT2D eigenvalue weighted by Crippen LogP contribution is -2.14. The number of anilines is 1. The second kappa shape index (κ2) is 5.27. The molecule has 0 saturated heterocycles. The molecule has 1 heterocycles. The van der Waals surface area contributed by atoms with E-state index in [0.717, 1.165) is 20.2 Å². The minimum atomic E-state index is 0.331. The standard InChI is InChI=1S/C12H13ClIN3/c1-8(2)16-12-15-5-6-17(12)11-7-9(14)3-4-10(11)13/h3-8H,1-2H3,(H,15,16). The Bertz CT molecular complexity index is 522. The maximum Gasteiger partial charge on any atom is 0.207 e. The van der Waals surface area contributed by atoms with Gasteiger partial charge in [-0.3, -0.25) is 4.57 Å². The topological polar surface area (TPSA) is 29.9 Å². The van der Waals surface area contributed by atoms with Crippen LogP contribution in [0.4, 0.5) is 5.95 Å². The first-order valence-electron chi connectivity index (χ1n) is 5.33. The highest BCUT2D eigenvalue weighted by atomic mass is 127. The van der Waals surface area contributed by atoms with Gasteiger partial charge in [0.05, 0.1) is 10.7 Å². The van der Waals surface area contributed by atoms with Gasteiger partial charge in [0.25, 0.3) is 0 Å². The van der Waals surface area contributed by atoms with Crippen LogP contribution in [-0.2, 0) is 0 Å². The van der Waals surface area contributed by atoms with E-state index in [0.29, 0.717) is 6.04 Å². The van der Waals surface area contributed by atoms with Gasteiger partial charge in [0.1, 0.15) is 0 Å². The summed E-state index contributed by atoms with van der Waals surface area (Å²) in [6.45, 7) is 4.16. The zero-order valence-corrected chi connectivity index (χ0v) is 12.5. The maximum atomic E-state index is 6.22. The summed E-state index contributed by atoms with van der Waals surface area (Å²) >= 11 is 8.49. The molecule has 0 atom stereocenters. The Kier molecular flexibility index (Phi) is 3.93. The van der Waals surface area contributed by atoms with Crippen LogP contribution in [0.5, 0.6) is 0 Å². The van der Waals surface area contributed by atoms with Gasteiger partial charge in [0, 0.05) is 22.0 Å². The van der Waals surface area contributed by atoms with E-state index in [1.54, 1.807) is 6.20 Å². The largest absolute Gasteiger partial charge is 0.353 e. The third-order valence-corrected chi connectivity index (χ3v) is 3.22. The highest BCUT2D eigenvalue weighted by Crippen LogP contribution is 2.25. The van der Waals surface area contributed by atoms with Gasteiger partial charge in [0.2, 0.25) is 5.95 Å². The van der Waals surface area contributed by atoms with Crippen molar-refractivity contribution in [2.45, 2.75) is 19.9 Å². The molecule has 5 heteroatoms. The van der Waals surface area contributed by atoms with Crippen LogP contribution >= 0.6 is 34.2 Å². The molecule has 0 aliphatic carbocycles. The Hall–Kier alpha value is -0.750. The summed E-state index contributed by atoms with van der Waals surface area (Å²) in [6, 6.07) is 6.25. The van der Waals surface area contributed by atoms with E-state index in [4.69, 9.17) is 11.6 Å². The number of aromatic nitrogens is 2. The Labute approximate surface area is 119 Å². The second-order valence-electron chi connectivity index (χ2n) is 4.02. The Balaban J connectivity index is 2.45. The lowest BCUT2D eigenvalue weighted by Gasteiger charge is -2.13. The number of benzene rings is 1. The van der Waals surface area contributed by atoms with E-state index >= 15 is 0 Å². The predicted molar refractivity (Wildman–Crippen MR) is 80.0 cm³/mol. The van der Waals surface area contributed by atoms with Gasteiger partial charge < -0.3 is 5.32 Å². The number of halogens is 2. The summed E-state index contributed by atoms with van der Waals surface area (Å²) in [4.78, 5) is 4.29. The van der Waals surface area contributed by atoms with Gasteiger partial charge in [-0.1, -0.05) is 11.6 Å². The predicted octanol–water partition coefficient (Wildman–Crippen LogP) is 3.95. The number of nitrogens with zero attached hydrogens (tertiary/aromatic N) is 2.